The molecule has 12 nitrogen and oxygen atoms in total. The molecule has 0 aliphatic heterocycles. The third-order valence-corrected chi connectivity index (χ3v) is 7.46. The Morgan fingerprint density at radius 2 is 2.03 bits per heavy atom. The van der Waals surface area contributed by atoms with Crippen LogP contribution in [-0.2, 0) is 30.9 Å². The number of nitrogens with zero attached hydrogens (tertiary/aromatic N) is 3. The maximum atomic E-state index is 11.4. The van der Waals surface area contributed by atoms with Crippen molar-refractivity contribution in [3.63, 3.8) is 0 Å². The zero-order valence-electron chi connectivity index (χ0n) is 15.9. The van der Waals surface area contributed by atoms with Crippen LogP contribution in [0.4, 0.5) is 5.82 Å². The maximum Gasteiger partial charge on any atom is 0.476 e. The molecule has 0 aliphatic rings. The molecule has 0 saturated heterocycles. The molecule has 162 valence electrons. The van der Waals surface area contributed by atoms with Gasteiger partial charge in [-0.3, -0.25) is 4.57 Å². The molecule has 29 heavy (non-hydrogen) atoms. The van der Waals surface area contributed by atoms with Gasteiger partial charge in [0.2, 0.25) is 0 Å². The predicted molar refractivity (Wildman–Crippen MR) is 101 cm³/mol. The fourth-order valence-electron chi connectivity index (χ4n) is 2.52. The second-order valence-corrected chi connectivity index (χ2v) is 10.0. The van der Waals surface area contributed by atoms with Gasteiger partial charge in [0.15, 0.2) is 12.2 Å². The molecule has 0 aromatic carbocycles. The number of aryl methyl sites for hydroxylation is 1. The molecule has 2 heterocycles. The van der Waals surface area contributed by atoms with Crippen LogP contribution in [0.25, 0.3) is 0 Å². The minimum atomic E-state index is -5.23. The number of aliphatic hydroxyl groups is 1. The summed E-state index contributed by atoms with van der Waals surface area (Å²) in [4.78, 5) is 37.5. The third kappa shape index (κ3) is 6.88. The summed E-state index contributed by atoms with van der Waals surface area (Å²) in [5.74, 6) is 0.852. The van der Waals surface area contributed by atoms with Crippen LogP contribution in [0.5, 0.6) is 0 Å². The Kier molecular flexibility index (Phi) is 7.66. The van der Waals surface area contributed by atoms with E-state index >= 15 is 0 Å². The molecule has 0 spiro atoms. The summed E-state index contributed by atoms with van der Waals surface area (Å²) < 4.78 is 32.0. The van der Waals surface area contributed by atoms with Gasteiger partial charge in [-0.05, 0) is 13.8 Å². The quantitative estimate of drug-likeness (QED) is 0.291. The lowest BCUT2D eigenvalue weighted by Crippen LogP contribution is -2.40. The molecule has 0 radical (unpaired) electrons. The zero-order chi connectivity index (χ0) is 22.0. The third-order valence-electron chi connectivity index (χ3n) is 3.79. The number of thiazole rings is 1. The molecule has 2 unspecified atom stereocenters. The molecular weight excluding hydrogens is 446 g/mol. The maximum absolute atomic E-state index is 11.4. The van der Waals surface area contributed by atoms with Crippen molar-refractivity contribution in [3.05, 3.63) is 33.2 Å². The lowest BCUT2D eigenvalue weighted by Gasteiger charge is -2.22. The van der Waals surface area contributed by atoms with Crippen LogP contribution in [0, 0.1) is 13.8 Å². The number of hydrogen-bond donors (Lipinski definition) is 4. The highest BCUT2D eigenvalue weighted by Crippen LogP contribution is 2.54. The first-order chi connectivity index (χ1) is 13.3. The lowest BCUT2D eigenvalue weighted by atomic mass is 10.2. The van der Waals surface area contributed by atoms with Gasteiger partial charge in [-0.25, -0.2) is 18.8 Å². The van der Waals surface area contributed by atoms with Crippen molar-refractivity contribution in [3.8, 4) is 0 Å². The first kappa shape index (κ1) is 24.0. The Hall–Kier alpha value is -1.27. The summed E-state index contributed by atoms with van der Waals surface area (Å²) in [6.07, 6.45) is 0.910. The van der Waals surface area contributed by atoms with E-state index in [0.717, 1.165) is 5.69 Å². The van der Waals surface area contributed by atoms with E-state index in [1.54, 1.807) is 27.0 Å². The Bertz CT molecular complexity index is 977. The van der Waals surface area contributed by atoms with E-state index in [9.17, 15) is 19.1 Å². The predicted octanol–water partition coefficient (Wildman–Crippen LogP) is 0.263. The van der Waals surface area contributed by atoms with Crippen LogP contribution in [-0.4, -0.2) is 31.5 Å². The first-order valence-corrected chi connectivity index (χ1v) is 12.1. The van der Waals surface area contributed by atoms with Crippen molar-refractivity contribution >= 4 is 32.8 Å². The Labute approximate surface area is 170 Å². The molecule has 0 bridgehead atoms. The molecule has 15 heteroatoms. The largest absolute Gasteiger partial charge is 0.756 e. The second kappa shape index (κ2) is 9.25. The fourth-order valence-corrected chi connectivity index (χ4v) is 5.24. The van der Waals surface area contributed by atoms with Crippen LogP contribution in [0.2, 0.25) is 0 Å². The zero-order valence-corrected chi connectivity index (χ0v) is 18.5. The summed E-state index contributed by atoms with van der Waals surface area (Å²) in [5.41, 5.74) is 7.34. The summed E-state index contributed by atoms with van der Waals surface area (Å²) >= 11 is 1.25. The smallest absolute Gasteiger partial charge is 0.476 e. The minimum absolute atomic E-state index is 0.111. The van der Waals surface area contributed by atoms with E-state index in [1.165, 1.54) is 11.3 Å². The molecule has 0 aliphatic carbocycles. The summed E-state index contributed by atoms with van der Waals surface area (Å²) in [5, 5.41) is 10.7. The van der Waals surface area contributed by atoms with Gasteiger partial charge in [-0.15, -0.1) is 0 Å². The second-order valence-electron chi connectivity index (χ2n) is 6.14. The summed E-state index contributed by atoms with van der Waals surface area (Å²) in [6, 6.07) is 0. The topological polar surface area (TPSA) is 192 Å². The van der Waals surface area contributed by atoms with Gasteiger partial charge >= 0.3 is 7.82 Å². The molecule has 5 N–H and O–H groups in total. The Morgan fingerprint density at radius 1 is 1.38 bits per heavy atom. The highest BCUT2D eigenvalue weighted by atomic mass is 32.1. The number of aliphatic hydroxyl groups excluding tert-OH is 1. The van der Waals surface area contributed by atoms with Gasteiger partial charge in [-0.1, -0.05) is 11.3 Å². The van der Waals surface area contributed by atoms with Gasteiger partial charge in [0.25, 0.3) is 12.8 Å². The minimum Gasteiger partial charge on any atom is -0.756 e. The monoisotopic (exact) mass is 468 g/mol. The highest BCUT2D eigenvalue weighted by molar-refractivity contribution is 7.60. The van der Waals surface area contributed by atoms with Crippen LogP contribution >= 0.6 is 27.0 Å². The van der Waals surface area contributed by atoms with E-state index in [2.05, 4.69) is 18.8 Å². The van der Waals surface area contributed by atoms with Crippen molar-refractivity contribution in [2.75, 3.05) is 12.3 Å². The number of rotatable bonds is 9. The Balaban J connectivity index is 2.19. The van der Waals surface area contributed by atoms with Crippen molar-refractivity contribution < 1.29 is 42.3 Å². The van der Waals surface area contributed by atoms with Gasteiger partial charge in [-0.2, -0.15) is 4.57 Å². The number of nitrogen functional groups attached to an aromatic ring is 1. The van der Waals surface area contributed by atoms with Crippen molar-refractivity contribution in [2.45, 2.75) is 39.8 Å². The number of anilines is 1. The van der Waals surface area contributed by atoms with Crippen molar-refractivity contribution in [1.82, 2.24) is 9.97 Å². The number of aromatic nitrogens is 3. The van der Waals surface area contributed by atoms with Crippen LogP contribution in [0.1, 0.15) is 40.0 Å². The van der Waals surface area contributed by atoms with Crippen molar-refractivity contribution in [1.29, 1.82) is 0 Å². The molecule has 2 atom stereocenters. The SMILES string of the molecule is Cc1ncc(C[n+]2c(C(C)O)sc(CCOP(=O)([O-])OP(=O)(O)O)c2C)c(N)n1. The average Bonchev–Trinajstić information content (AvgIpc) is 2.84. The molecular formula is C14H22N4O8P2S. The molecule has 2 rings (SSSR count). The fraction of sp³-hybridized carbons (Fsp3) is 0.500. The average molecular weight is 468 g/mol. The van der Waals surface area contributed by atoms with Crippen LogP contribution < -0.4 is 15.2 Å². The highest BCUT2D eigenvalue weighted by Gasteiger charge is 2.28. The van der Waals surface area contributed by atoms with Crippen LogP contribution in [0.3, 0.4) is 0 Å². The summed E-state index contributed by atoms with van der Waals surface area (Å²) in [7, 11) is -10.4. The number of nitrogens with two attached hydrogens (primary N) is 1. The number of hydrogen-bond acceptors (Lipinski definition) is 10. The summed E-state index contributed by atoms with van der Waals surface area (Å²) in [6.45, 7) is 5.00. The molecule has 0 saturated carbocycles. The van der Waals surface area contributed by atoms with E-state index in [-0.39, 0.29) is 6.42 Å². The van der Waals surface area contributed by atoms with Gasteiger partial charge in [0, 0.05) is 19.5 Å². The van der Waals surface area contributed by atoms with E-state index < -0.39 is 28.4 Å². The molecule has 2 aromatic rings. The Morgan fingerprint density at radius 3 is 2.59 bits per heavy atom. The molecule has 0 fully saturated rings. The van der Waals surface area contributed by atoms with E-state index in [4.69, 9.17) is 15.5 Å². The van der Waals surface area contributed by atoms with E-state index in [0.29, 0.717) is 33.6 Å². The number of phosphoric ester groups is 1. The van der Waals surface area contributed by atoms with Gasteiger partial charge in [0.1, 0.15) is 17.7 Å². The van der Waals surface area contributed by atoms with Gasteiger partial charge in [0.05, 0.1) is 17.0 Å². The normalized spacial score (nSPS) is 15.3. The van der Waals surface area contributed by atoms with Gasteiger partial charge < -0.3 is 30.0 Å². The molecule has 2 aromatic heterocycles. The first-order valence-electron chi connectivity index (χ1n) is 8.29. The lowest BCUT2D eigenvalue weighted by molar-refractivity contribution is -0.699. The van der Waals surface area contributed by atoms with Crippen LogP contribution in [0.15, 0.2) is 6.20 Å². The molecule has 0 amide bonds. The van der Waals surface area contributed by atoms with E-state index in [1.807, 2.05) is 4.57 Å². The van der Waals surface area contributed by atoms with Crippen molar-refractivity contribution in [2.24, 2.45) is 0 Å². The number of phosphoric acid groups is 2. The standard InChI is InChI=1S/C14H22N4O8P2S/c1-8-12(4-5-25-28(23,24)26-27(20,21)22)29-14(9(2)19)18(8)7-11-6-16-10(3)17-13(11)15/h6,9,19H,4-5,7H2,1-3H3,(H4-,15,16,17,20,21,22,23,24).